The second-order valence-corrected chi connectivity index (χ2v) is 8.34. The fourth-order valence-electron chi connectivity index (χ4n) is 3.55. The maximum absolute atomic E-state index is 12.4. The van der Waals surface area contributed by atoms with Gasteiger partial charge < -0.3 is 19.3 Å². The number of fused-ring (bicyclic) bond motifs is 4. The van der Waals surface area contributed by atoms with E-state index in [1.165, 1.54) is 0 Å². The van der Waals surface area contributed by atoms with Crippen LogP contribution in [0.15, 0.2) is 12.1 Å². The number of rotatable bonds is 0. The molecule has 1 aromatic heterocycles. The van der Waals surface area contributed by atoms with Crippen molar-refractivity contribution in [1.29, 1.82) is 0 Å². The van der Waals surface area contributed by atoms with Gasteiger partial charge in [0.1, 0.15) is 28.9 Å². The molecule has 0 unspecified atom stereocenters. The van der Waals surface area contributed by atoms with Crippen LogP contribution in [0.4, 0.5) is 10.5 Å². The number of hydrogen-bond donors (Lipinski definition) is 0. The molecule has 0 N–H and O–H groups in total. The zero-order valence-corrected chi connectivity index (χ0v) is 16.7. The van der Waals surface area contributed by atoms with Crippen molar-refractivity contribution in [2.24, 2.45) is 0 Å². The van der Waals surface area contributed by atoms with Gasteiger partial charge in [-0.3, -0.25) is 0 Å². The lowest BCUT2D eigenvalue weighted by Gasteiger charge is -2.45. The van der Waals surface area contributed by atoms with Crippen molar-refractivity contribution >= 4 is 34.3 Å². The molecule has 8 heteroatoms. The lowest BCUT2D eigenvalue weighted by Crippen LogP contribution is -2.59. The minimum absolute atomic E-state index is 0.0707. The van der Waals surface area contributed by atoms with Crippen molar-refractivity contribution in [1.82, 2.24) is 14.9 Å². The largest absolute Gasteiger partial charge is 0.489 e. The van der Waals surface area contributed by atoms with Gasteiger partial charge >= 0.3 is 6.09 Å². The third-order valence-electron chi connectivity index (χ3n) is 4.72. The number of benzene rings is 1. The van der Waals surface area contributed by atoms with E-state index < -0.39 is 5.60 Å². The number of hydrogen-bond acceptors (Lipinski definition) is 6. The van der Waals surface area contributed by atoms with Crippen LogP contribution in [0.1, 0.15) is 26.6 Å². The lowest BCUT2D eigenvalue weighted by molar-refractivity contribution is 0.0195. The van der Waals surface area contributed by atoms with E-state index in [1.54, 1.807) is 4.90 Å². The molecule has 7 nitrogen and oxygen atoms in total. The second-order valence-electron chi connectivity index (χ2n) is 7.98. The van der Waals surface area contributed by atoms with Crippen LogP contribution < -0.4 is 9.64 Å². The average Bonchev–Trinajstić information content (AvgIpc) is 2.58. The van der Waals surface area contributed by atoms with E-state index in [1.807, 2.05) is 39.8 Å². The second kappa shape index (κ2) is 6.41. The van der Waals surface area contributed by atoms with Gasteiger partial charge in [-0.15, -0.1) is 0 Å². The summed E-state index contributed by atoms with van der Waals surface area (Å²) in [5, 5.41) is 1.25. The van der Waals surface area contributed by atoms with Crippen LogP contribution in [0.5, 0.6) is 5.75 Å². The molecule has 0 bridgehead atoms. The highest BCUT2D eigenvalue weighted by Gasteiger charge is 2.36. The van der Waals surface area contributed by atoms with E-state index >= 15 is 0 Å². The van der Waals surface area contributed by atoms with Crippen LogP contribution in [-0.2, 0) is 4.74 Å². The zero-order chi connectivity index (χ0) is 19.3. The number of ether oxygens (including phenoxy) is 2. The van der Waals surface area contributed by atoms with Crippen LogP contribution in [0.2, 0.25) is 5.15 Å². The van der Waals surface area contributed by atoms with E-state index in [0.29, 0.717) is 37.2 Å². The molecule has 1 amide bonds. The van der Waals surface area contributed by atoms with Gasteiger partial charge in [0.25, 0.3) is 0 Å². The maximum Gasteiger partial charge on any atom is 0.410 e. The standard InChI is InChI=1S/C19H23ClN4O3/c1-11-21-14-8-16-15(7-13(14)17(20)22-11)24-6-5-23(9-12(24)10-26-16)18(25)27-19(2,3)4/h7-8,12H,5-6,9-10H2,1-4H3/t12-/m0/s1. The summed E-state index contributed by atoms with van der Waals surface area (Å²) in [4.78, 5) is 25.1. The van der Waals surface area contributed by atoms with E-state index in [4.69, 9.17) is 21.1 Å². The zero-order valence-electron chi connectivity index (χ0n) is 16.0. The van der Waals surface area contributed by atoms with Gasteiger partial charge in [-0.25, -0.2) is 14.8 Å². The van der Waals surface area contributed by atoms with E-state index in [-0.39, 0.29) is 12.1 Å². The molecule has 144 valence electrons. The number of amides is 1. The number of nitrogens with zero attached hydrogens (tertiary/aromatic N) is 4. The van der Waals surface area contributed by atoms with Crippen LogP contribution in [-0.4, -0.2) is 58.8 Å². The van der Waals surface area contributed by atoms with Gasteiger partial charge in [0.05, 0.1) is 17.2 Å². The molecule has 1 aromatic carbocycles. The van der Waals surface area contributed by atoms with Gasteiger partial charge in [0.2, 0.25) is 0 Å². The Morgan fingerprint density at radius 3 is 2.81 bits per heavy atom. The first kappa shape index (κ1) is 18.1. The van der Waals surface area contributed by atoms with Gasteiger partial charge in [-0.1, -0.05) is 11.6 Å². The quantitative estimate of drug-likeness (QED) is 0.642. The molecule has 0 aliphatic carbocycles. The number of carbonyl (C=O) groups is 1. The highest BCUT2D eigenvalue weighted by molar-refractivity contribution is 6.34. The minimum atomic E-state index is -0.502. The molecule has 0 radical (unpaired) electrons. The van der Waals surface area contributed by atoms with Crippen molar-refractivity contribution < 1.29 is 14.3 Å². The minimum Gasteiger partial charge on any atom is -0.489 e. The summed E-state index contributed by atoms with van der Waals surface area (Å²) in [7, 11) is 0. The van der Waals surface area contributed by atoms with E-state index in [0.717, 1.165) is 22.3 Å². The number of piperazine rings is 1. The van der Waals surface area contributed by atoms with Crippen LogP contribution in [0.25, 0.3) is 10.9 Å². The summed E-state index contributed by atoms with van der Waals surface area (Å²) in [6.07, 6.45) is -0.279. The molecule has 2 aliphatic heterocycles. The van der Waals surface area contributed by atoms with Crippen molar-refractivity contribution in [2.45, 2.75) is 39.3 Å². The first-order valence-corrected chi connectivity index (χ1v) is 9.44. The Morgan fingerprint density at radius 1 is 1.30 bits per heavy atom. The fourth-order valence-corrected chi connectivity index (χ4v) is 3.82. The van der Waals surface area contributed by atoms with Gasteiger partial charge in [0, 0.05) is 31.1 Å². The van der Waals surface area contributed by atoms with Gasteiger partial charge in [-0.2, -0.15) is 0 Å². The highest BCUT2D eigenvalue weighted by atomic mass is 35.5. The summed E-state index contributed by atoms with van der Waals surface area (Å²) in [6, 6.07) is 3.98. The Hall–Kier alpha value is -2.28. The fraction of sp³-hybridized carbons (Fsp3) is 0.526. The number of aryl methyl sites for hydroxylation is 1. The molecule has 0 saturated carbocycles. The molecular weight excluding hydrogens is 368 g/mol. The number of aromatic nitrogens is 2. The Balaban J connectivity index is 1.60. The summed E-state index contributed by atoms with van der Waals surface area (Å²) < 4.78 is 11.5. The van der Waals surface area contributed by atoms with E-state index in [2.05, 4.69) is 14.9 Å². The molecule has 1 atom stereocenters. The summed E-state index contributed by atoms with van der Waals surface area (Å²) in [5.74, 6) is 1.42. The Labute approximate surface area is 163 Å². The molecule has 3 heterocycles. The van der Waals surface area contributed by atoms with Gasteiger partial charge in [0.15, 0.2) is 0 Å². The average molecular weight is 391 g/mol. The summed E-state index contributed by atoms with van der Waals surface area (Å²) in [6.45, 7) is 9.81. The van der Waals surface area contributed by atoms with Crippen LogP contribution in [0.3, 0.4) is 0 Å². The lowest BCUT2D eigenvalue weighted by atomic mass is 10.1. The molecule has 1 saturated heterocycles. The first-order chi connectivity index (χ1) is 12.7. The molecule has 4 rings (SSSR count). The third kappa shape index (κ3) is 3.48. The normalized spacial score (nSPS) is 19.4. The maximum atomic E-state index is 12.4. The monoisotopic (exact) mass is 390 g/mol. The van der Waals surface area contributed by atoms with Crippen molar-refractivity contribution in [3.8, 4) is 5.75 Å². The molecular formula is C19H23ClN4O3. The Morgan fingerprint density at radius 2 is 2.07 bits per heavy atom. The predicted molar refractivity (Wildman–Crippen MR) is 104 cm³/mol. The number of carbonyl (C=O) groups excluding carboxylic acids is 1. The van der Waals surface area contributed by atoms with Crippen LogP contribution >= 0.6 is 11.6 Å². The van der Waals surface area contributed by atoms with E-state index in [9.17, 15) is 4.79 Å². The summed E-state index contributed by atoms with van der Waals surface area (Å²) >= 11 is 6.33. The topological polar surface area (TPSA) is 67.8 Å². The molecule has 2 aliphatic rings. The van der Waals surface area contributed by atoms with Gasteiger partial charge in [-0.05, 0) is 33.8 Å². The third-order valence-corrected chi connectivity index (χ3v) is 5.00. The van der Waals surface area contributed by atoms with Crippen molar-refractivity contribution in [2.75, 3.05) is 31.1 Å². The first-order valence-electron chi connectivity index (χ1n) is 9.06. The van der Waals surface area contributed by atoms with Crippen LogP contribution in [0, 0.1) is 6.92 Å². The van der Waals surface area contributed by atoms with Crippen molar-refractivity contribution in [3.05, 3.63) is 23.1 Å². The highest BCUT2D eigenvalue weighted by Crippen LogP contribution is 2.39. The molecule has 27 heavy (non-hydrogen) atoms. The Kier molecular flexibility index (Phi) is 4.29. The number of halogens is 1. The predicted octanol–water partition coefficient (Wildman–Crippen LogP) is 3.41. The molecule has 0 spiro atoms. The molecule has 1 fully saturated rings. The number of anilines is 1. The SMILES string of the molecule is Cc1nc(Cl)c2cc3c(cc2n1)OC[C@@H]1CN(C(=O)OC(C)(C)C)CCN31. The summed E-state index contributed by atoms with van der Waals surface area (Å²) in [5.41, 5.74) is 1.24. The smallest absolute Gasteiger partial charge is 0.410 e. The molecule has 2 aromatic rings. The Bertz CT molecular complexity index is 912. The van der Waals surface area contributed by atoms with Crippen molar-refractivity contribution in [3.63, 3.8) is 0 Å².